The molecule has 11 heavy (non-hydrogen) atoms. The number of hydrogen-bond donors (Lipinski definition) is 0. The van der Waals surface area contributed by atoms with Crippen LogP contribution in [0.15, 0.2) is 11.7 Å². The number of ether oxygens (including phenoxy) is 1. The first-order chi connectivity index (χ1) is 5.13. The molecular formula is C6H7F3O2. The first kappa shape index (κ1) is 10.0. The van der Waals surface area contributed by atoms with Crippen LogP contribution in [-0.2, 0) is 9.53 Å². The number of rotatable bonds is 3. The molecule has 0 bridgehead atoms. The van der Waals surface area contributed by atoms with E-state index in [2.05, 4.69) is 4.74 Å². The van der Waals surface area contributed by atoms with Gasteiger partial charge in [-0.05, 0) is 6.92 Å². The summed E-state index contributed by atoms with van der Waals surface area (Å²) in [6, 6.07) is 0. The molecule has 0 unspecified atom stereocenters. The molecule has 0 atom stereocenters. The van der Waals surface area contributed by atoms with Crippen LogP contribution in [0.2, 0.25) is 0 Å². The van der Waals surface area contributed by atoms with Gasteiger partial charge in [0.1, 0.15) is 6.67 Å². The maximum Gasteiger partial charge on any atom is 0.370 e. The molecule has 0 aromatic heterocycles. The normalized spacial score (nSPS) is 12.4. The molecule has 0 aliphatic heterocycles. The average molecular weight is 168 g/mol. The maximum absolute atomic E-state index is 12.2. The first-order valence-electron chi connectivity index (χ1n) is 2.90. The van der Waals surface area contributed by atoms with Crippen LogP contribution in [0.3, 0.4) is 0 Å². The van der Waals surface area contributed by atoms with Crippen molar-refractivity contribution >= 4 is 5.97 Å². The molecular weight excluding hydrogens is 161 g/mol. The second-order valence-electron chi connectivity index (χ2n) is 1.57. The standard InChI is InChI=1S/C6H7F3O2/c1-2-11-6(10)5(9)4(8)3-7/h2-3H2,1H3/b5-4+. The third kappa shape index (κ3) is 3.06. The van der Waals surface area contributed by atoms with Crippen LogP contribution in [0.25, 0.3) is 0 Å². The summed E-state index contributed by atoms with van der Waals surface area (Å²) in [5.41, 5.74) is 0. The van der Waals surface area contributed by atoms with Crippen molar-refractivity contribution < 1.29 is 22.7 Å². The van der Waals surface area contributed by atoms with Gasteiger partial charge in [-0.15, -0.1) is 0 Å². The Kier molecular flexibility index (Phi) is 4.33. The van der Waals surface area contributed by atoms with E-state index in [-0.39, 0.29) is 6.61 Å². The largest absolute Gasteiger partial charge is 0.461 e. The Labute approximate surface area is 61.6 Å². The Hall–Kier alpha value is -1.00. The van der Waals surface area contributed by atoms with Crippen molar-refractivity contribution in [2.75, 3.05) is 13.3 Å². The third-order valence-corrected chi connectivity index (χ3v) is 0.810. The lowest BCUT2D eigenvalue weighted by molar-refractivity contribution is -0.140. The summed E-state index contributed by atoms with van der Waals surface area (Å²) < 4.78 is 39.5. The number of allylic oxidation sites excluding steroid dienone is 1. The fourth-order valence-corrected chi connectivity index (χ4v) is 0.364. The minimum atomic E-state index is -1.80. The van der Waals surface area contributed by atoms with Gasteiger partial charge >= 0.3 is 5.97 Å². The predicted octanol–water partition coefficient (Wildman–Crippen LogP) is 1.67. The molecule has 0 rings (SSSR count). The highest BCUT2D eigenvalue weighted by molar-refractivity contribution is 5.86. The van der Waals surface area contributed by atoms with Gasteiger partial charge in [0.05, 0.1) is 6.61 Å². The van der Waals surface area contributed by atoms with Gasteiger partial charge in [-0.2, -0.15) is 4.39 Å². The van der Waals surface area contributed by atoms with Crippen molar-refractivity contribution in [3.63, 3.8) is 0 Å². The van der Waals surface area contributed by atoms with Gasteiger partial charge in [0.15, 0.2) is 5.83 Å². The van der Waals surface area contributed by atoms with E-state index in [0.717, 1.165) is 0 Å². The molecule has 0 heterocycles. The van der Waals surface area contributed by atoms with Crippen LogP contribution in [0.1, 0.15) is 6.92 Å². The highest BCUT2D eigenvalue weighted by Crippen LogP contribution is 2.09. The summed E-state index contributed by atoms with van der Waals surface area (Å²) in [5.74, 6) is -5.00. The zero-order valence-electron chi connectivity index (χ0n) is 5.86. The number of carbonyl (C=O) groups is 1. The van der Waals surface area contributed by atoms with Crippen LogP contribution in [0.4, 0.5) is 13.2 Å². The van der Waals surface area contributed by atoms with Crippen molar-refractivity contribution in [3.8, 4) is 0 Å². The Morgan fingerprint density at radius 3 is 2.36 bits per heavy atom. The third-order valence-electron chi connectivity index (χ3n) is 0.810. The van der Waals surface area contributed by atoms with Crippen molar-refractivity contribution in [3.05, 3.63) is 11.7 Å². The number of halogens is 3. The zero-order valence-corrected chi connectivity index (χ0v) is 5.86. The molecule has 0 N–H and O–H groups in total. The van der Waals surface area contributed by atoms with E-state index in [0.29, 0.717) is 0 Å². The second-order valence-corrected chi connectivity index (χ2v) is 1.57. The minimum absolute atomic E-state index is 0.0776. The molecule has 0 fully saturated rings. The van der Waals surface area contributed by atoms with Crippen molar-refractivity contribution in [2.45, 2.75) is 6.92 Å². The topological polar surface area (TPSA) is 26.3 Å². The molecule has 0 saturated carbocycles. The smallest absolute Gasteiger partial charge is 0.370 e. The Morgan fingerprint density at radius 1 is 1.45 bits per heavy atom. The van der Waals surface area contributed by atoms with E-state index in [4.69, 9.17) is 0 Å². The molecule has 5 heteroatoms. The van der Waals surface area contributed by atoms with Gasteiger partial charge in [0, 0.05) is 0 Å². The lowest BCUT2D eigenvalue weighted by atomic mass is 10.4. The van der Waals surface area contributed by atoms with E-state index >= 15 is 0 Å². The number of hydrogen-bond acceptors (Lipinski definition) is 2. The number of esters is 1. The zero-order chi connectivity index (χ0) is 8.85. The van der Waals surface area contributed by atoms with Gasteiger partial charge in [-0.1, -0.05) is 0 Å². The van der Waals surface area contributed by atoms with Crippen LogP contribution < -0.4 is 0 Å². The van der Waals surface area contributed by atoms with Crippen LogP contribution in [0.5, 0.6) is 0 Å². The first-order valence-corrected chi connectivity index (χ1v) is 2.90. The van der Waals surface area contributed by atoms with Crippen molar-refractivity contribution in [2.24, 2.45) is 0 Å². The fraction of sp³-hybridized carbons (Fsp3) is 0.500. The number of carbonyl (C=O) groups excluding carboxylic acids is 1. The monoisotopic (exact) mass is 168 g/mol. The molecule has 0 saturated heterocycles. The molecule has 0 radical (unpaired) electrons. The molecule has 64 valence electrons. The summed E-state index contributed by atoms with van der Waals surface area (Å²) >= 11 is 0. The summed E-state index contributed by atoms with van der Waals surface area (Å²) in [5, 5.41) is 0. The number of alkyl halides is 1. The molecule has 0 amide bonds. The molecule has 2 nitrogen and oxygen atoms in total. The summed E-state index contributed by atoms with van der Waals surface area (Å²) in [6.07, 6.45) is 0. The van der Waals surface area contributed by atoms with E-state index in [1.54, 1.807) is 0 Å². The van der Waals surface area contributed by atoms with Gasteiger partial charge in [0.25, 0.3) is 0 Å². The van der Waals surface area contributed by atoms with E-state index < -0.39 is 24.3 Å². The molecule has 0 aliphatic carbocycles. The lowest BCUT2D eigenvalue weighted by Gasteiger charge is -1.97. The van der Waals surface area contributed by atoms with E-state index in [1.807, 2.05) is 0 Å². The summed E-state index contributed by atoms with van der Waals surface area (Å²) in [7, 11) is 0. The molecule has 0 aliphatic rings. The maximum atomic E-state index is 12.2. The average Bonchev–Trinajstić information content (AvgIpc) is 2.02. The van der Waals surface area contributed by atoms with E-state index in [9.17, 15) is 18.0 Å². The van der Waals surface area contributed by atoms with Gasteiger partial charge in [0.2, 0.25) is 5.83 Å². The highest BCUT2D eigenvalue weighted by Gasteiger charge is 2.15. The quantitative estimate of drug-likeness (QED) is 0.473. The van der Waals surface area contributed by atoms with Crippen molar-refractivity contribution in [1.29, 1.82) is 0 Å². The van der Waals surface area contributed by atoms with Crippen molar-refractivity contribution in [1.82, 2.24) is 0 Å². The Morgan fingerprint density at radius 2 is 2.00 bits per heavy atom. The Bertz CT molecular complexity index is 177. The van der Waals surface area contributed by atoms with E-state index in [1.165, 1.54) is 6.92 Å². The van der Waals surface area contributed by atoms with Gasteiger partial charge in [-0.3, -0.25) is 0 Å². The highest BCUT2D eigenvalue weighted by atomic mass is 19.2. The van der Waals surface area contributed by atoms with Gasteiger partial charge < -0.3 is 4.74 Å². The van der Waals surface area contributed by atoms with Crippen LogP contribution in [-0.4, -0.2) is 19.3 Å². The van der Waals surface area contributed by atoms with Crippen LogP contribution >= 0.6 is 0 Å². The molecule has 0 aromatic rings. The molecule has 0 spiro atoms. The SMILES string of the molecule is CCOC(=O)/C(F)=C(\F)CF. The summed E-state index contributed by atoms with van der Waals surface area (Å²) in [4.78, 5) is 10.3. The lowest BCUT2D eigenvalue weighted by Crippen LogP contribution is -2.06. The fourth-order valence-electron chi connectivity index (χ4n) is 0.364. The minimum Gasteiger partial charge on any atom is -0.461 e. The molecule has 0 aromatic carbocycles. The second kappa shape index (κ2) is 4.76. The predicted molar refractivity (Wildman–Crippen MR) is 31.8 cm³/mol. The summed E-state index contributed by atoms with van der Waals surface area (Å²) in [6.45, 7) is -0.283. The Balaban J connectivity index is 4.22. The van der Waals surface area contributed by atoms with Gasteiger partial charge in [-0.25, -0.2) is 13.6 Å². The van der Waals surface area contributed by atoms with Crippen LogP contribution in [0, 0.1) is 0 Å².